The number of alkyl halides is 2. The van der Waals surface area contributed by atoms with E-state index >= 15 is 0 Å². The fourth-order valence-corrected chi connectivity index (χ4v) is 1.40. The van der Waals surface area contributed by atoms with E-state index < -0.39 is 6.61 Å². The van der Waals surface area contributed by atoms with E-state index in [2.05, 4.69) is 32.9 Å². The molecule has 0 bridgehead atoms. The van der Waals surface area contributed by atoms with Gasteiger partial charge in [0.2, 0.25) is 0 Å². The summed E-state index contributed by atoms with van der Waals surface area (Å²) in [6.07, 6.45) is 0. The fourth-order valence-electron chi connectivity index (χ4n) is 0.893. The van der Waals surface area contributed by atoms with Crippen molar-refractivity contribution in [3.63, 3.8) is 0 Å². The number of hydrogen-bond donors (Lipinski definition) is 1. The molecule has 2 N–H and O–H groups in total. The van der Waals surface area contributed by atoms with Crippen molar-refractivity contribution in [2.45, 2.75) is 6.61 Å². The Labute approximate surface area is 93.2 Å². The molecule has 0 spiro atoms. The van der Waals surface area contributed by atoms with Crippen LogP contribution in [-0.4, -0.2) is 11.6 Å². The van der Waals surface area contributed by atoms with E-state index in [4.69, 9.17) is 5.73 Å². The first-order valence-corrected chi connectivity index (χ1v) is 4.75. The maximum atomic E-state index is 12.0. The van der Waals surface area contributed by atoms with Gasteiger partial charge in [-0.05, 0) is 18.2 Å². The van der Waals surface area contributed by atoms with Gasteiger partial charge in [0.15, 0.2) is 0 Å². The molecule has 0 aliphatic carbocycles. The SMILES string of the molecule is NC(=S)c1ccc(Br)cc1OC(F)F. The zero-order valence-corrected chi connectivity index (χ0v) is 9.24. The second-order valence-corrected chi connectivity index (χ2v) is 3.74. The van der Waals surface area contributed by atoms with Crippen LogP contribution < -0.4 is 10.5 Å². The molecule has 2 nitrogen and oxygen atoms in total. The van der Waals surface area contributed by atoms with Crippen molar-refractivity contribution in [2.75, 3.05) is 0 Å². The molecule has 0 saturated carbocycles. The maximum Gasteiger partial charge on any atom is 0.387 e. The topological polar surface area (TPSA) is 35.2 Å². The molecule has 0 atom stereocenters. The zero-order valence-electron chi connectivity index (χ0n) is 6.84. The lowest BCUT2D eigenvalue weighted by Gasteiger charge is -2.09. The minimum atomic E-state index is -2.89. The van der Waals surface area contributed by atoms with Gasteiger partial charge in [-0.2, -0.15) is 8.78 Å². The summed E-state index contributed by atoms with van der Waals surface area (Å²) in [6.45, 7) is -2.89. The van der Waals surface area contributed by atoms with Gasteiger partial charge in [-0.25, -0.2) is 0 Å². The highest BCUT2D eigenvalue weighted by molar-refractivity contribution is 9.10. The molecule has 0 heterocycles. The molecule has 0 aliphatic rings. The van der Waals surface area contributed by atoms with Crippen molar-refractivity contribution in [3.8, 4) is 5.75 Å². The number of halogens is 3. The molecular weight excluding hydrogens is 276 g/mol. The highest BCUT2D eigenvalue weighted by atomic mass is 79.9. The van der Waals surface area contributed by atoms with Crippen LogP contribution in [0.1, 0.15) is 5.56 Å². The van der Waals surface area contributed by atoms with Gasteiger partial charge in [-0.1, -0.05) is 28.1 Å². The van der Waals surface area contributed by atoms with E-state index in [1.165, 1.54) is 12.1 Å². The second-order valence-electron chi connectivity index (χ2n) is 2.38. The molecule has 0 saturated heterocycles. The molecule has 0 radical (unpaired) electrons. The number of hydrogen-bond acceptors (Lipinski definition) is 2. The van der Waals surface area contributed by atoms with Crippen molar-refractivity contribution >= 4 is 33.1 Å². The van der Waals surface area contributed by atoms with Gasteiger partial charge in [0.1, 0.15) is 10.7 Å². The monoisotopic (exact) mass is 281 g/mol. The van der Waals surface area contributed by atoms with Gasteiger partial charge in [-0.3, -0.25) is 0 Å². The first-order valence-electron chi connectivity index (χ1n) is 3.55. The Morgan fingerprint density at radius 1 is 1.50 bits per heavy atom. The first kappa shape index (κ1) is 11.3. The number of ether oxygens (including phenoxy) is 1. The van der Waals surface area contributed by atoms with E-state index in [1.54, 1.807) is 6.07 Å². The summed E-state index contributed by atoms with van der Waals surface area (Å²) in [5.74, 6) is -0.0260. The number of nitrogens with two attached hydrogens (primary N) is 1. The molecule has 6 heteroatoms. The third-order valence-electron chi connectivity index (χ3n) is 1.43. The number of benzene rings is 1. The summed E-state index contributed by atoms with van der Waals surface area (Å²) in [7, 11) is 0. The zero-order chi connectivity index (χ0) is 10.7. The Morgan fingerprint density at radius 3 is 2.64 bits per heavy atom. The molecule has 0 fully saturated rings. The Kier molecular flexibility index (Phi) is 3.77. The maximum absolute atomic E-state index is 12.0. The highest BCUT2D eigenvalue weighted by Gasteiger charge is 2.11. The largest absolute Gasteiger partial charge is 0.434 e. The van der Waals surface area contributed by atoms with Crippen LogP contribution in [0.5, 0.6) is 5.75 Å². The number of thiocarbonyl (C=S) groups is 1. The molecular formula is C8H6BrF2NOS. The van der Waals surface area contributed by atoms with Crippen LogP contribution in [-0.2, 0) is 0 Å². The predicted molar refractivity (Wildman–Crippen MR) is 56.7 cm³/mol. The average Bonchev–Trinajstić information content (AvgIpc) is 2.01. The molecule has 1 aromatic carbocycles. The summed E-state index contributed by atoms with van der Waals surface area (Å²) in [5, 5.41) is 0. The summed E-state index contributed by atoms with van der Waals surface area (Å²) in [6, 6.07) is 4.55. The Balaban J connectivity index is 3.09. The summed E-state index contributed by atoms with van der Waals surface area (Å²) in [5.41, 5.74) is 5.63. The third-order valence-corrected chi connectivity index (χ3v) is 2.14. The van der Waals surface area contributed by atoms with E-state index in [-0.39, 0.29) is 10.7 Å². The van der Waals surface area contributed by atoms with Gasteiger partial charge >= 0.3 is 6.61 Å². The fraction of sp³-hybridized carbons (Fsp3) is 0.125. The van der Waals surface area contributed by atoms with Crippen molar-refractivity contribution < 1.29 is 13.5 Å². The normalized spacial score (nSPS) is 10.3. The van der Waals surface area contributed by atoms with Gasteiger partial charge in [0.25, 0.3) is 0 Å². The highest BCUT2D eigenvalue weighted by Crippen LogP contribution is 2.25. The molecule has 1 aromatic rings. The molecule has 0 unspecified atom stereocenters. The van der Waals surface area contributed by atoms with E-state index in [1.807, 2.05) is 0 Å². The van der Waals surface area contributed by atoms with Gasteiger partial charge in [0.05, 0.1) is 5.56 Å². The Bertz CT molecular complexity index is 359. The molecule has 1 rings (SSSR count). The van der Waals surface area contributed by atoms with Crippen LogP contribution >= 0.6 is 28.1 Å². The Hall–Kier alpha value is -0.750. The van der Waals surface area contributed by atoms with E-state index in [9.17, 15) is 8.78 Å². The first-order chi connectivity index (χ1) is 6.50. The Morgan fingerprint density at radius 2 is 2.14 bits per heavy atom. The van der Waals surface area contributed by atoms with Crippen molar-refractivity contribution in [1.29, 1.82) is 0 Å². The van der Waals surface area contributed by atoms with E-state index in [0.29, 0.717) is 10.0 Å². The van der Waals surface area contributed by atoms with Crippen LogP contribution in [0, 0.1) is 0 Å². The van der Waals surface area contributed by atoms with Crippen molar-refractivity contribution in [2.24, 2.45) is 5.73 Å². The summed E-state index contributed by atoms with van der Waals surface area (Å²) in [4.78, 5) is 0.0214. The summed E-state index contributed by atoms with van der Waals surface area (Å²) < 4.78 is 28.8. The predicted octanol–water partition coefficient (Wildman–Crippen LogP) is 2.68. The third kappa shape index (κ3) is 2.88. The standard InChI is InChI=1S/C8H6BrF2NOS/c9-4-1-2-5(7(12)14)6(3-4)13-8(10)11/h1-3,8H,(H2,12,14). The quantitative estimate of drug-likeness (QED) is 0.866. The molecule has 0 aliphatic heterocycles. The average molecular weight is 282 g/mol. The molecule has 0 amide bonds. The van der Waals surface area contributed by atoms with Crippen LogP contribution in [0.3, 0.4) is 0 Å². The van der Waals surface area contributed by atoms with Crippen molar-refractivity contribution in [1.82, 2.24) is 0 Å². The summed E-state index contributed by atoms with van der Waals surface area (Å²) >= 11 is 7.81. The van der Waals surface area contributed by atoms with E-state index in [0.717, 1.165) is 0 Å². The lowest BCUT2D eigenvalue weighted by molar-refractivity contribution is -0.0499. The minimum Gasteiger partial charge on any atom is -0.434 e. The molecule has 14 heavy (non-hydrogen) atoms. The second kappa shape index (κ2) is 4.65. The molecule has 76 valence electrons. The molecule has 0 aromatic heterocycles. The lowest BCUT2D eigenvalue weighted by Crippen LogP contribution is -2.13. The minimum absolute atomic E-state index is 0.0214. The van der Waals surface area contributed by atoms with Crippen molar-refractivity contribution in [3.05, 3.63) is 28.2 Å². The van der Waals surface area contributed by atoms with Gasteiger partial charge in [0, 0.05) is 4.47 Å². The van der Waals surface area contributed by atoms with Crippen LogP contribution in [0.2, 0.25) is 0 Å². The van der Waals surface area contributed by atoms with Crippen LogP contribution in [0.25, 0.3) is 0 Å². The van der Waals surface area contributed by atoms with Crippen LogP contribution in [0.15, 0.2) is 22.7 Å². The van der Waals surface area contributed by atoms with Gasteiger partial charge < -0.3 is 10.5 Å². The number of rotatable bonds is 3. The van der Waals surface area contributed by atoms with Gasteiger partial charge in [-0.15, -0.1) is 0 Å². The smallest absolute Gasteiger partial charge is 0.387 e. The van der Waals surface area contributed by atoms with Crippen LogP contribution in [0.4, 0.5) is 8.78 Å². The lowest BCUT2D eigenvalue weighted by atomic mass is 10.2.